The van der Waals surface area contributed by atoms with E-state index in [-0.39, 0.29) is 12.3 Å². The zero-order valence-electron chi connectivity index (χ0n) is 18.9. The molecule has 1 aliphatic rings. The van der Waals surface area contributed by atoms with Gasteiger partial charge in [0.05, 0.1) is 19.2 Å². The highest BCUT2D eigenvalue weighted by atomic mass is 32.1. The van der Waals surface area contributed by atoms with E-state index in [1.807, 2.05) is 23.7 Å². The molecule has 1 aromatic carbocycles. The van der Waals surface area contributed by atoms with Gasteiger partial charge in [-0.15, -0.1) is 11.3 Å². The van der Waals surface area contributed by atoms with Gasteiger partial charge in [0, 0.05) is 36.1 Å². The van der Waals surface area contributed by atoms with Crippen LogP contribution in [0.5, 0.6) is 5.75 Å². The van der Waals surface area contributed by atoms with Gasteiger partial charge in [0.2, 0.25) is 0 Å². The standard InChI is InChI=1S/C26H29N3O3S/c1-32-22-7-8-24-23(17-22)20(9-11-27-24)5-2-4-19-10-14-29(18-21(19)16-26(30)31)13-3-6-25-28-12-15-33-25/h7-9,11-12,15,17,19,21H,2,4-5,10,13-14,16,18H2,1H3,(H,30,31)/t19-,21+/m1/s1. The van der Waals surface area contributed by atoms with E-state index < -0.39 is 5.97 Å². The quantitative estimate of drug-likeness (QED) is 0.496. The fourth-order valence-electron chi connectivity index (χ4n) is 4.73. The van der Waals surface area contributed by atoms with Crippen molar-refractivity contribution < 1.29 is 14.6 Å². The largest absolute Gasteiger partial charge is 0.497 e. The topological polar surface area (TPSA) is 75.5 Å². The minimum Gasteiger partial charge on any atom is -0.497 e. The Balaban J connectivity index is 1.35. The van der Waals surface area contributed by atoms with Crippen molar-refractivity contribution in [3.63, 3.8) is 0 Å². The van der Waals surface area contributed by atoms with Crippen LogP contribution >= 0.6 is 11.3 Å². The van der Waals surface area contributed by atoms with Gasteiger partial charge in [-0.2, -0.15) is 0 Å². The number of likely N-dealkylation sites (tertiary alicyclic amines) is 1. The number of aromatic nitrogens is 2. The zero-order valence-corrected chi connectivity index (χ0v) is 19.7. The fraction of sp³-hybridized carbons (Fsp3) is 0.423. The molecule has 172 valence electrons. The normalized spacial score (nSPS) is 18.6. The maximum absolute atomic E-state index is 11.5. The Kier molecular flexibility index (Phi) is 7.92. The molecular weight excluding hydrogens is 434 g/mol. The number of ether oxygens (including phenoxy) is 1. The molecule has 0 aliphatic carbocycles. The minimum absolute atomic E-state index is 0.159. The predicted octanol–water partition coefficient (Wildman–Crippen LogP) is 4.49. The Morgan fingerprint density at radius 2 is 2.18 bits per heavy atom. The van der Waals surface area contributed by atoms with Crippen molar-refractivity contribution in [2.75, 3.05) is 26.7 Å². The van der Waals surface area contributed by atoms with Gasteiger partial charge < -0.3 is 9.84 Å². The molecule has 1 N–H and O–H groups in total. The summed E-state index contributed by atoms with van der Waals surface area (Å²) in [5, 5.41) is 13.3. The van der Waals surface area contributed by atoms with E-state index >= 15 is 0 Å². The van der Waals surface area contributed by atoms with Gasteiger partial charge in [0.15, 0.2) is 5.01 Å². The number of carbonyl (C=O) groups is 1. The summed E-state index contributed by atoms with van der Waals surface area (Å²) in [5.41, 5.74) is 2.24. The Morgan fingerprint density at radius 3 is 2.97 bits per heavy atom. The minimum atomic E-state index is -0.715. The Labute approximate surface area is 198 Å². The molecule has 7 heteroatoms. The van der Waals surface area contributed by atoms with Crippen LogP contribution in [0.4, 0.5) is 0 Å². The highest BCUT2D eigenvalue weighted by Crippen LogP contribution is 2.31. The third kappa shape index (κ3) is 6.31. The summed E-state index contributed by atoms with van der Waals surface area (Å²) >= 11 is 1.54. The maximum atomic E-state index is 11.5. The number of piperidine rings is 1. The number of hydrogen-bond acceptors (Lipinski definition) is 6. The fourth-order valence-corrected chi connectivity index (χ4v) is 5.23. The molecule has 1 aliphatic heterocycles. The molecule has 3 aromatic rings. The monoisotopic (exact) mass is 463 g/mol. The van der Waals surface area contributed by atoms with Crippen LogP contribution in [0.3, 0.4) is 0 Å². The lowest BCUT2D eigenvalue weighted by molar-refractivity contribution is -0.139. The molecular formula is C26H29N3O3S. The van der Waals surface area contributed by atoms with E-state index in [4.69, 9.17) is 4.74 Å². The van der Waals surface area contributed by atoms with Crippen molar-refractivity contribution in [2.24, 2.45) is 11.8 Å². The molecule has 2 atom stereocenters. The van der Waals surface area contributed by atoms with Crippen molar-refractivity contribution in [1.82, 2.24) is 14.9 Å². The molecule has 33 heavy (non-hydrogen) atoms. The van der Waals surface area contributed by atoms with Gasteiger partial charge in [-0.1, -0.05) is 5.92 Å². The van der Waals surface area contributed by atoms with Gasteiger partial charge in [0.1, 0.15) is 5.75 Å². The van der Waals surface area contributed by atoms with Crippen LogP contribution in [0.15, 0.2) is 42.0 Å². The molecule has 0 saturated carbocycles. The first-order chi connectivity index (χ1) is 16.1. The van der Waals surface area contributed by atoms with E-state index in [9.17, 15) is 9.90 Å². The number of pyridine rings is 1. The van der Waals surface area contributed by atoms with Crippen LogP contribution < -0.4 is 4.74 Å². The first-order valence-electron chi connectivity index (χ1n) is 11.4. The number of rotatable bonds is 8. The van der Waals surface area contributed by atoms with E-state index in [1.165, 1.54) is 16.9 Å². The van der Waals surface area contributed by atoms with Crippen LogP contribution in [0.2, 0.25) is 0 Å². The lowest BCUT2D eigenvalue weighted by Gasteiger charge is -2.37. The van der Waals surface area contributed by atoms with E-state index in [0.717, 1.165) is 60.4 Å². The smallest absolute Gasteiger partial charge is 0.303 e. The summed E-state index contributed by atoms with van der Waals surface area (Å²) in [4.78, 5) is 22.5. The average molecular weight is 464 g/mol. The van der Waals surface area contributed by atoms with Crippen molar-refractivity contribution in [3.8, 4) is 17.6 Å². The van der Waals surface area contributed by atoms with Gasteiger partial charge in [-0.25, -0.2) is 4.98 Å². The lowest BCUT2D eigenvalue weighted by atomic mass is 9.80. The molecule has 0 radical (unpaired) electrons. The molecule has 3 heterocycles. The lowest BCUT2D eigenvalue weighted by Crippen LogP contribution is -2.41. The summed E-state index contributed by atoms with van der Waals surface area (Å²) < 4.78 is 5.39. The number of aryl methyl sites for hydroxylation is 1. The molecule has 4 rings (SSSR count). The van der Waals surface area contributed by atoms with Crippen LogP contribution in [0, 0.1) is 23.7 Å². The summed E-state index contributed by atoms with van der Waals surface area (Å²) in [5.74, 6) is 7.00. The molecule has 0 amide bonds. The van der Waals surface area contributed by atoms with Crippen molar-refractivity contribution in [3.05, 3.63) is 52.6 Å². The van der Waals surface area contributed by atoms with Crippen molar-refractivity contribution in [1.29, 1.82) is 0 Å². The van der Waals surface area contributed by atoms with Gasteiger partial charge in [-0.05, 0) is 79.8 Å². The number of carboxylic acids is 1. The zero-order chi connectivity index (χ0) is 23.0. The molecule has 0 unspecified atom stereocenters. The number of nitrogens with zero attached hydrogens (tertiary/aromatic N) is 3. The number of benzene rings is 1. The molecule has 1 fully saturated rings. The second kappa shape index (κ2) is 11.3. The van der Waals surface area contributed by atoms with Gasteiger partial charge in [-0.3, -0.25) is 14.7 Å². The molecule has 2 aromatic heterocycles. The number of aliphatic carboxylic acids is 1. The number of carboxylic acid groups (broad SMARTS) is 1. The second-order valence-corrected chi connectivity index (χ2v) is 9.42. The molecule has 0 bridgehead atoms. The first-order valence-corrected chi connectivity index (χ1v) is 12.2. The average Bonchev–Trinajstić information content (AvgIpc) is 3.33. The van der Waals surface area contributed by atoms with Crippen LogP contribution in [0.1, 0.15) is 36.3 Å². The van der Waals surface area contributed by atoms with Crippen molar-refractivity contribution in [2.45, 2.75) is 32.1 Å². The Bertz CT molecular complexity index is 1140. The summed E-state index contributed by atoms with van der Waals surface area (Å²) in [6, 6.07) is 8.06. The third-order valence-corrected chi connectivity index (χ3v) is 7.09. The Hall–Kier alpha value is -2.95. The van der Waals surface area contributed by atoms with Gasteiger partial charge >= 0.3 is 5.97 Å². The molecule has 6 nitrogen and oxygen atoms in total. The van der Waals surface area contributed by atoms with E-state index in [1.54, 1.807) is 13.3 Å². The van der Waals surface area contributed by atoms with E-state index in [0.29, 0.717) is 12.5 Å². The van der Waals surface area contributed by atoms with Crippen LogP contribution in [-0.4, -0.2) is 52.7 Å². The molecule has 0 spiro atoms. The van der Waals surface area contributed by atoms with Gasteiger partial charge in [0.25, 0.3) is 0 Å². The summed E-state index contributed by atoms with van der Waals surface area (Å²) in [7, 11) is 1.68. The highest BCUT2D eigenvalue weighted by Gasteiger charge is 2.30. The van der Waals surface area contributed by atoms with E-state index in [2.05, 4.69) is 38.8 Å². The highest BCUT2D eigenvalue weighted by molar-refractivity contribution is 7.10. The van der Waals surface area contributed by atoms with Crippen LogP contribution in [-0.2, 0) is 11.2 Å². The van der Waals surface area contributed by atoms with Crippen molar-refractivity contribution >= 4 is 28.2 Å². The Morgan fingerprint density at radius 1 is 1.27 bits per heavy atom. The summed E-state index contributed by atoms with van der Waals surface area (Å²) in [6.07, 6.45) is 7.87. The molecule has 1 saturated heterocycles. The maximum Gasteiger partial charge on any atom is 0.303 e. The number of hydrogen-bond donors (Lipinski definition) is 1. The second-order valence-electron chi connectivity index (χ2n) is 8.53. The summed E-state index contributed by atoms with van der Waals surface area (Å²) in [6.45, 7) is 2.41. The predicted molar refractivity (Wildman–Crippen MR) is 131 cm³/mol. The first kappa shape index (κ1) is 23.2. The number of thiazole rings is 1. The third-order valence-electron chi connectivity index (χ3n) is 6.40. The number of fused-ring (bicyclic) bond motifs is 1. The van der Waals surface area contributed by atoms with Crippen LogP contribution in [0.25, 0.3) is 10.9 Å². The SMILES string of the molecule is COc1ccc2nccc(CCC[C@@H]3CCN(CC#Cc4nccs4)C[C@@H]3CC(=O)O)c2c1. The number of methoxy groups -OCH3 is 1.